The van der Waals surface area contributed by atoms with Gasteiger partial charge < -0.3 is 15.8 Å². The molecule has 2 unspecified atom stereocenters. The van der Waals surface area contributed by atoms with Crippen molar-refractivity contribution in [2.75, 3.05) is 0 Å². The van der Waals surface area contributed by atoms with Gasteiger partial charge in [0.05, 0.1) is 0 Å². The first-order valence-electron chi connectivity index (χ1n) is 7.47. The number of nitrogens with one attached hydrogen (secondary N) is 1. The summed E-state index contributed by atoms with van der Waals surface area (Å²) >= 11 is 0. The van der Waals surface area contributed by atoms with Gasteiger partial charge in [0.15, 0.2) is 0 Å². The summed E-state index contributed by atoms with van der Waals surface area (Å²) in [5.41, 5.74) is 5.94. The molecule has 0 aromatic carbocycles. The molecule has 4 fully saturated rings. The quantitative estimate of drug-likeness (QED) is 0.766. The van der Waals surface area contributed by atoms with Crippen LogP contribution in [0.15, 0.2) is 0 Å². The largest absolute Gasteiger partial charge is 0.444 e. The summed E-state index contributed by atoms with van der Waals surface area (Å²) < 4.78 is 5.42. The summed E-state index contributed by atoms with van der Waals surface area (Å²) in [6.45, 7) is 5.70. The van der Waals surface area contributed by atoms with Gasteiger partial charge in [-0.15, -0.1) is 0 Å². The third-order valence-corrected chi connectivity index (χ3v) is 4.87. The van der Waals surface area contributed by atoms with Crippen molar-refractivity contribution in [1.82, 2.24) is 5.32 Å². The summed E-state index contributed by atoms with van der Waals surface area (Å²) in [5.74, 6) is 1.39. The zero-order valence-electron chi connectivity index (χ0n) is 12.3. The summed E-state index contributed by atoms with van der Waals surface area (Å²) in [6.07, 6.45) is 6.40. The molecule has 4 heteroatoms. The minimum Gasteiger partial charge on any atom is -0.444 e. The number of amides is 1. The van der Waals surface area contributed by atoms with Gasteiger partial charge in [-0.25, -0.2) is 4.79 Å². The van der Waals surface area contributed by atoms with E-state index in [9.17, 15) is 4.79 Å². The van der Waals surface area contributed by atoms with Gasteiger partial charge in [-0.2, -0.15) is 0 Å². The molecule has 1 amide bonds. The number of carbonyl (C=O) groups is 1. The van der Waals surface area contributed by atoms with Crippen molar-refractivity contribution in [1.29, 1.82) is 0 Å². The number of ether oxygens (including phenoxy) is 1. The van der Waals surface area contributed by atoms with Crippen LogP contribution in [-0.4, -0.2) is 22.8 Å². The summed E-state index contributed by atoms with van der Waals surface area (Å²) in [6, 6.07) is 0. The maximum Gasteiger partial charge on any atom is 0.408 e. The lowest BCUT2D eigenvalue weighted by atomic mass is 9.50. The van der Waals surface area contributed by atoms with Crippen molar-refractivity contribution in [3.63, 3.8) is 0 Å². The number of carbonyl (C=O) groups excluding carboxylic acids is 1. The minimum absolute atomic E-state index is 0.0426. The Labute approximate surface area is 115 Å². The van der Waals surface area contributed by atoms with Crippen LogP contribution in [0.4, 0.5) is 4.79 Å². The fourth-order valence-corrected chi connectivity index (χ4v) is 5.00. The second-order valence-electron chi connectivity index (χ2n) is 8.23. The van der Waals surface area contributed by atoms with Crippen LogP contribution in [-0.2, 0) is 4.74 Å². The van der Waals surface area contributed by atoms with E-state index in [1.807, 2.05) is 20.8 Å². The maximum absolute atomic E-state index is 12.1. The molecule has 4 rings (SSSR count). The Hall–Kier alpha value is -0.770. The fourth-order valence-electron chi connectivity index (χ4n) is 5.00. The smallest absolute Gasteiger partial charge is 0.408 e. The third-order valence-electron chi connectivity index (χ3n) is 4.87. The van der Waals surface area contributed by atoms with Gasteiger partial charge in [-0.05, 0) is 71.1 Å². The molecule has 4 saturated carbocycles. The average Bonchev–Trinajstić information content (AvgIpc) is 2.06. The molecule has 3 N–H and O–H groups in total. The highest BCUT2D eigenvalue weighted by Crippen LogP contribution is 2.56. The molecule has 0 aliphatic heterocycles. The molecule has 0 spiro atoms. The third kappa shape index (κ3) is 2.60. The van der Waals surface area contributed by atoms with Crippen LogP contribution in [0.2, 0.25) is 0 Å². The highest BCUT2D eigenvalue weighted by Gasteiger charge is 2.57. The first-order valence-corrected chi connectivity index (χ1v) is 7.47. The fraction of sp³-hybridized carbons (Fsp3) is 0.933. The van der Waals surface area contributed by atoms with Crippen molar-refractivity contribution in [3.05, 3.63) is 0 Å². The van der Waals surface area contributed by atoms with E-state index in [1.165, 1.54) is 6.42 Å². The zero-order valence-corrected chi connectivity index (χ0v) is 12.3. The average molecular weight is 266 g/mol. The number of nitrogens with two attached hydrogens (primary N) is 1. The van der Waals surface area contributed by atoms with E-state index in [4.69, 9.17) is 10.5 Å². The lowest BCUT2D eigenvalue weighted by molar-refractivity contribution is -0.0398. The highest BCUT2D eigenvalue weighted by atomic mass is 16.6. The van der Waals surface area contributed by atoms with Crippen LogP contribution in [0.25, 0.3) is 0 Å². The van der Waals surface area contributed by atoms with Gasteiger partial charge in [-0.3, -0.25) is 0 Å². The number of alkyl carbamates (subject to hydrolysis) is 1. The molecule has 0 radical (unpaired) electrons. The zero-order chi connectivity index (χ0) is 13.9. The van der Waals surface area contributed by atoms with Crippen LogP contribution in [0.3, 0.4) is 0 Å². The van der Waals surface area contributed by atoms with Crippen molar-refractivity contribution < 1.29 is 9.53 Å². The standard InChI is InChI=1S/C15H26N2O2/c1-13(2,3)19-12(18)17-15-7-10-4-11(8-15)6-14(16,5-10)9-15/h10-11H,4-9,16H2,1-3H3,(H,17,18)/t10-,11+,14?,15?. The molecular weight excluding hydrogens is 240 g/mol. The molecule has 4 aliphatic carbocycles. The first kappa shape index (κ1) is 13.2. The highest BCUT2D eigenvalue weighted by molar-refractivity contribution is 5.69. The summed E-state index contributed by atoms with van der Waals surface area (Å²) in [5, 5.41) is 3.17. The van der Waals surface area contributed by atoms with Crippen molar-refractivity contribution in [2.45, 2.75) is 76.0 Å². The molecule has 108 valence electrons. The van der Waals surface area contributed by atoms with Gasteiger partial charge >= 0.3 is 6.09 Å². The second kappa shape index (κ2) is 3.87. The summed E-state index contributed by atoms with van der Waals surface area (Å²) in [7, 11) is 0. The molecule has 4 nitrogen and oxygen atoms in total. The van der Waals surface area contributed by atoms with Crippen molar-refractivity contribution >= 4 is 6.09 Å². The van der Waals surface area contributed by atoms with E-state index >= 15 is 0 Å². The monoisotopic (exact) mass is 266 g/mol. The van der Waals surface area contributed by atoms with E-state index in [0.717, 1.165) is 32.1 Å². The molecule has 0 heterocycles. The maximum atomic E-state index is 12.1. The van der Waals surface area contributed by atoms with E-state index < -0.39 is 5.60 Å². The number of rotatable bonds is 1. The van der Waals surface area contributed by atoms with Crippen LogP contribution in [0.5, 0.6) is 0 Å². The molecule has 19 heavy (non-hydrogen) atoms. The van der Waals surface area contributed by atoms with Gasteiger partial charge in [0.25, 0.3) is 0 Å². The number of hydrogen-bond donors (Lipinski definition) is 2. The van der Waals surface area contributed by atoms with E-state index in [-0.39, 0.29) is 17.2 Å². The Morgan fingerprint density at radius 3 is 2.26 bits per heavy atom. The lowest BCUT2D eigenvalue weighted by Crippen LogP contribution is -2.68. The lowest BCUT2D eigenvalue weighted by Gasteiger charge is -2.60. The molecule has 4 atom stereocenters. The van der Waals surface area contributed by atoms with E-state index in [2.05, 4.69) is 5.32 Å². The second-order valence-corrected chi connectivity index (χ2v) is 8.23. The van der Waals surface area contributed by atoms with Gasteiger partial charge in [-0.1, -0.05) is 0 Å². The molecule has 0 aromatic heterocycles. The molecule has 4 bridgehead atoms. The van der Waals surface area contributed by atoms with E-state index in [1.54, 1.807) is 0 Å². The topological polar surface area (TPSA) is 64.3 Å². The predicted octanol–water partition coefficient (Wildman–Crippen LogP) is 2.56. The van der Waals surface area contributed by atoms with Gasteiger partial charge in [0.1, 0.15) is 5.60 Å². The Kier molecular flexibility index (Phi) is 2.70. The van der Waals surface area contributed by atoms with Gasteiger partial charge in [0, 0.05) is 11.1 Å². The van der Waals surface area contributed by atoms with Gasteiger partial charge in [0.2, 0.25) is 0 Å². The van der Waals surface area contributed by atoms with Crippen molar-refractivity contribution in [2.24, 2.45) is 17.6 Å². The predicted molar refractivity (Wildman–Crippen MR) is 73.7 cm³/mol. The Morgan fingerprint density at radius 2 is 1.79 bits per heavy atom. The van der Waals surface area contributed by atoms with Crippen LogP contribution in [0.1, 0.15) is 59.3 Å². The number of hydrogen-bond acceptors (Lipinski definition) is 3. The molecule has 0 saturated heterocycles. The van der Waals surface area contributed by atoms with Crippen LogP contribution >= 0.6 is 0 Å². The van der Waals surface area contributed by atoms with Crippen molar-refractivity contribution in [3.8, 4) is 0 Å². The molecule has 0 aromatic rings. The minimum atomic E-state index is -0.438. The Morgan fingerprint density at radius 1 is 1.21 bits per heavy atom. The Bertz CT molecular complexity index is 385. The van der Waals surface area contributed by atoms with Crippen LogP contribution < -0.4 is 11.1 Å². The normalized spacial score (nSPS) is 44.2. The van der Waals surface area contributed by atoms with Crippen LogP contribution in [0, 0.1) is 11.8 Å². The van der Waals surface area contributed by atoms with E-state index in [0.29, 0.717) is 11.8 Å². The SMILES string of the molecule is CC(C)(C)OC(=O)NC12C[C@@H]3C[C@@H](CC(N)(C3)C1)C2. The molecule has 4 aliphatic rings. The first-order chi connectivity index (χ1) is 8.67. The molecular formula is C15H26N2O2. The summed E-state index contributed by atoms with van der Waals surface area (Å²) in [4.78, 5) is 12.1. The Balaban J connectivity index is 1.72.